The van der Waals surface area contributed by atoms with Crippen LogP contribution in [-0.4, -0.2) is 31.1 Å². The van der Waals surface area contributed by atoms with Crippen LogP contribution >= 0.6 is 0 Å². The topological polar surface area (TPSA) is 33.5 Å². The van der Waals surface area contributed by atoms with Gasteiger partial charge in [-0.25, -0.2) is 0 Å². The molecule has 5 aliphatic rings. The van der Waals surface area contributed by atoms with Crippen LogP contribution in [0.15, 0.2) is 0 Å². The monoisotopic (exact) mass is 305 g/mol. The van der Waals surface area contributed by atoms with Gasteiger partial charge in [-0.1, -0.05) is 13.8 Å². The molecule has 0 aromatic carbocycles. The molecule has 22 heavy (non-hydrogen) atoms. The summed E-state index contributed by atoms with van der Waals surface area (Å²) in [5.41, 5.74) is 0.193. The molecule has 5 rings (SSSR count). The fraction of sp³-hybridized carbons (Fsp3) is 0.947. The van der Waals surface area contributed by atoms with E-state index in [1.807, 2.05) is 0 Å². The van der Waals surface area contributed by atoms with E-state index in [0.717, 1.165) is 29.6 Å². The van der Waals surface area contributed by atoms with Gasteiger partial charge in [0.15, 0.2) is 6.54 Å². The lowest BCUT2D eigenvalue weighted by Gasteiger charge is -2.56. The Morgan fingerprint density at radius 1 is 0.955 bits per heavy atom. The van der Waals surface area contributed by atoms with E-state index in [-0.39, 0.29) is 5.54 Å². The number of amides is 1. The summed E-state index contributed by atoms with van der Waals surface area (Å²) < 4.78 is 0. The number of quaternary nitrogens is 1. The zero-order valence-corrected chi connectivity index (χ0v) is 14.4. The highest BCUT2D eigenvalue weighted by Gasteiger charge is 2.51. The molecule has 0 spiro atoms. The maximum absolute atomic E-state index is 12.7. The first kappa shape index (κ1) is 15.0. The van der Waals surface area contributed by atoms with Crippen molar-refractivity contribution in [2.24, 2.45) is 29.6 Å². The lowest BCUT2D eigenvalue weighted by molar-refractivity contribution is -0.904. The Morgan fingerprint density at radius 3 is 1.95 bits per heavy atom. The fourth-order valence-corrected chi connectivity index (χ4v) is 6.90. The summed E-state index contributed by atoms with van der Waals surface area (Å²) in [6, 6.07) is 0. The van der Waals surface area contributed by atoms with E-state index in [1.165, 1.54) is 62.9 Å². The van der Waals surface area contributed by atoms with Crippen molar-refractivity contribution in [1.82, 2.24) is 5.32 Å². The molecule has 4 saturated carbocycles. The molecule has 1 saturated heterocycles. The molecular formula is C19H33N2O+. The zero-order valence-electron chi connectivity index (χ0n) is 14.4. The van der Waals surface area contributed by atoms with Crippen molar-refractivity contribution in [3.05, 3.63) is 0 Å². The Bertz CT molecular complexity index is 401. The van der Waals surface area contributed by atoms with E-state index in [0.29, 0.717) is 12.5 Å². The first-order chi connectivity index (χ1) is 10.5. The smallest absolute Gasteiger partial charge is 0.275 e. The van der Waals surface area contributed by atoms with Gasteiger partial charge >= 0.3 is 0 Å². The molecule has 0 aromatic heterocycles. The molecule has 124 valence electrons. The second-order valence-corrected chi connectivity index (χ2v) is 9.53. The lowest BCUT2D eigenvalue weighted by atomic mass is 9.53. The van der Waals surface area contributed by atoms with Crippen molar-refractivity contribution in [2.75, 3.05) is 19.6 Å². The van der Waals surface area contributed by atoms with E-state index in [4.69, 9.17) is 0 Å². The van der Waals surface area contributed by atoms with Gasteiger partial charge in [0.25, 0.3) is 5.91 Å². The van der Waals surface area contributed by atoms with Gasteiger partial charge in [0.05, 0.1) is 13.1 Å². The third kappa shape index (κ3) is 2.93. The molecule has 1 amide bonds. The van der Waals surface area contributed by atoms with Gasteiger partial charge in [0.1, 0.15) is 0 Å². The minimum absolute atomic E-state index is 0.193. The van der Waals surface area contributed by atoms with Crippen LogP contribution in [0.2, 0.25) is 0 Å². The summed E-state index contributed by atoms with van der Waals surface area (Å²) >= 11 is 0. The molecule has 0 radical (unpaired) electrons. The number of rotatable bonds is 3. The van der Waals surface area contributed by atoms with Crippen molar-refractivity contribution in [1.29, 1.82) is 0 Å². The van der Waals surface area contributed by atoms with Crippen LogP contribution in [0, 0.1) is 29.6 Å². The maximum atomic E-state index is 12.7. The summed E-state index contributed by atoms with van der Waals surface area (Å²) in [5, 5.41) is 3.54. The Balaban J connectivity index is 1.36. The summed E-state index contributed by atoms with van der Waals surface area (Å²) in [6.07, 6.45) is 9.48. The van der Waals surface area contributed by atoms with Gasteiger partial charge in [0.2, 0.25) is 0 Å². The molecule has 0 unspecified atom stereocenters. The zero-order chi connectivity index (χ0) is 15.3. The molecule has 3 heteroatoms. The van der Waals surface area contributed by atoms with Crippen LogP contribution in [-0.2, 0) is 4.79 Å². The SMILES string of the molecule is C[C@H]1C[C@H](C)C[NH+](CC(=O)NC23CC4CC(CC(C4)C2)C3)C1. The lowest BCUT2D eigenvalue weighted by Crippen LogP contribution is -3.15. The van der Waals surface area contributed by atoms with Gasteiger partial charge in [-0.15, -0.1) is 0 Å². The van der Waals surface area contributed by atoms with Crippen LogP contribution in [0.25, 0.3) is 0 Å². The number of nitrogens with one attached hydrogen (secondary N) is 2. The average Bonchev–Trinajstić information content (AvgIpc) is 2.33. The van der Waals surface area contributed by atoms with Gasteiger partial charge < -0.3 is 10.2 Å². The predicted octanol–water partition coefficient (Wildman–Crippen LogP) is 1.63. The third-order valence-corrected chi connectivity index (χ3v) is 6.93. The number of carbonyl (C=O) groups excluding carboxylic acids is 1. The highest BCUT2D eigenvalue weighted by molar-refractivity contribution is 5.77. The van der Waals surface area contributed by atoms with Gasteiger partial charge in [0, 0.05) is 17.4 Å². The van der Waals surface area contributed by atoms with Crippen LogP contribution in [0.4, 0.5) is 0 Å². The minimum Gasteiger partial charge on any atom is -0.346 e. The molecule has 1 aliphatic heterocycles. The summed E-state index contributed by atoms with van der Waals surface area (Å²) in [5.74, 6) is 4.60. The fourth-order valence-electron chi connectivity index (χ4n) is 6.90. The van der Waals surface area contributed by atoms with Crippen molar-refractivity contribution in [2.45, 2.75) is 64.3 Å². The molecule has 2 N–H and O–H groups in total. The van der Waals surface area contributed by atoms with E-state index in [2.05, 4.69) is 19.2 Å². The summed E-state index contributed by atoms with van der Waals surface area (Å²) in [4.78, 5) is 14.2. The standard InChI is InChI=1S/C19H32N2O/c1-13-3-14(2)11-21(10-13)12-18(22)20-19-7-15-4-16(8-19)6-17(5-15)9-19/h13-17H,3-12H2,1-2H3,(H,20,22)/p+1/t13-,14-,15?,16?,17?,19?/m0/s1. The van der Waals surface area contributed by atoms with E-state index >= 15 is 0 Å². The first-order valence-corrected chi connectivity index (χ1v) is 9.64. The number of hydrogen-bond acceptors (Lipinski definition) is 1. The van der Waals surface area contributed by atoms with Crippen LogP contribution in [0.3, 0.4) is 0 Å². The van der Waals surface area contributed by atoms with Crippen LogP contribution in [0.1, 0.15) is 58.8 Å². The van der Waals surface area contributed by atoms with Crippen molar-refractivity contribution in [3.63, 3.8) is 0 Å². The molecule has 4 aliphatic carbocycles. The van der Waals surface area contributed by atoms with E-state index in [1.54, 1.807) is 0 Å². The summed E-state index contributed by atoms with van der Waals surface area (Å²) in [7, 11) is 0. The van der Waals surface area contributed by atoms with E-state index in [9.17, 15) is 4.79 Å². The molecule has 2 atom stereocenters. The highest BCUT2D eigenvalue weighted by Crippen LogP contribution is 2.55. The highest BCUT2D eigenvalue weighted by atomic mass is 16.2. The molecular weight excluding hydrogens is 272 g/mol. The Labute approximate surface area is 135 Å². The number of likely N-dealkylation sites (tertiary alicyclic amines) is 1. The maximum Gasteiger partial charge on any atom is 0.275 e. The van der Waals surface area contributed by atoms with E-state index < -0.39 is 0 Å². The average molecular weight is 305 g/mol. The van der Waals surface area contributed by atoms with Crippen LogP contribution < -0.4 is 10.2 Å². The van der Waals surface area contributed by atoms with Crippen molar-refractivity contribution in [3.8, 4) is 0 Å². The van der Waals surface area contributed by atoms with Crippen LogP contribution in [0.5, 0.6) is 0 Å². The molecule has 3 nitrogen and oxygen atoms in total. The van der Waals surface area contributed by atoms with Gasteiger partial charge in [-0.3, -0.25) is 4.79 Å². The third-order valence-electron chi connectivity index (χ3n) is 6.93. The summed E-state index contributed by atoms with van der Waals surface area (Å²) in [6.45, 7) is 7.74. The van der Waals surface area contributed by atoms with Gasteiger partial charge in [-0.05, 0) is 62.7 Å². The second-order valence-electron chi connectivity index (χ2n) is 9.53. The van der Waals surface area contributed by atoms with Crippen molar-refractivity contribution >= 4 is 5.91 Å². The largest absolute Gasteiger partial charge is 0.346 e. The Morgan fingerprint density at radius 2 is 1.45 bits per heavy atom. The quantitative estimate of drug-likeness (QED) is 0.816. The molecule has 4 bridgehead atoms. The van der Waals surface area contributed by atoms with Crippen molar-refractivity contribution < 1.29 is 9.69 Å². The predicted molar refractivity (Wildman–Crippen MR) is 87.6 cm³/mol. The Hall–Kier alpha value is -0.570. The number of hydrogen-bond donors (Lipinski definition) is 2. The number of piperidine rings is 1. The normalized spacial score (nSPS) is 50.1. The molecule has 0 aromatic rings. The minimum atomic E-state index is 0.193. The Kier molecular flexibility index (Phi) is 3.75. The second kappa shape index (κ2) is 5.51. The molecule has 1 heterocycles. The number of carbonyl (C=O) groups is 1. The first-order valence-electron chi connectivity index (χ1n) is 9.64. The van der Waals surface area contributed by atoms with Gasteiger partial charge in [-0.2, -0.15) is 0 Å². The molecule has 5 fully saturated rings.